The molecule has 23 heavy (non-hydrogen) atoms. The zero-order valence-corrected chi connectivity index (χ0v) is 13.3. The zero-order chi connectivity index (χ0) is 16.1. The van der Waals surface area contributed by atoms with E-state index in [-0.39, 0.29) is 12.4 Å². The summed E-state index contributed by atoms with van der Waals surface area (Å²) in [5.41, 5.74) is 1.00. The van der Waals surface area contributed by atoms with Crippen molar-refractivity contribution in [2.24, 2.45) is 0 Å². The van der Waals surface area contributed by atoms with Crippen LogP contribution in [-0.2, 0) is 11.2 Å². The van der Waals surface area contributed by atoms with Crippen molar-refractivity contribution in [3.8, 4) is 17.2 Å². The lowest BCUT2D eigenvalue weighted by Crippen LogP contribution is -2.09. The van der Waals surface area contributed by atoms with Crippen LogP contribution < -0.4 is 14.2 Å². The van der Waals surface area contributed by atoms with Gasteiger partial charge in [-0.05, 0) is 36.2 Å². The maximum Gasteiger partial charge on any atom is 0.311 e. The van der Waals surface area contributed by atoms with E-state index in [4.69, 9.17) is 25.8 Å². The second kappa shape index (κ2) is 7.38. The Kier molecular flexibility index (Phi) is 5.03. The fraction of sp³-hybridized carbons (Fsp3) is 0.278. The van der Waals surface area contributed by atoms with E-state index in [1.54, 1.807) is 24.3 Å². The molecule has 3 rings (SSSR count). The van der Waals surface area contributed by atoms with Crippen molar-refractivity contribution in [2.75, 3.05) is 13.2 Å². The predicted octanol–water partition coefficient (Wildman–Crippen LogP) is 4.04. The van der Waals surface area contributed by atoms with Gasteiger partial charge >= 0.3 is 5.97 Å². The summed E-state index contributed by atoms with van der Waals surface area (Å²) in [5.74, 6) is 1.56. The quantitative estimate of drug-likeness (QED) is 0.626. The average Bonchev–Trinajstić information content (AvgIpc) is 2.80. The van der Waals surface area contributed by atoms with E-state index < -0.39 is 0 Å². The third-order valence-electron chi connectivity index (χ3n) is 3.49. The van der Waals surface area contributed by atoms with Gasteiger partial charge in [0.2, 0.25) is 0 Å². The van der Waals surface area contributed by atoms with Gasteiger partial charge in [-0.1, -0.05) is 29.8 Å². The number of rotatable bonds is 4. The molecule has 2 aromatic carbocycles. The van der Waals surface area contributed by atoms with E-state index in [2.05, 4.69) is 0 Å². The van der Waals surface area contributed by atoms with E-state index in [0.717, 1.165) is 23.5 Å². The van der Waals surface area contributed by atoms with Crippen LogP contribution >= 0.6 is 11.6 Å². The standard InChI is InChI=1S/C18H17ClO4/c19-14-4-1-2-5-15(14)23-18(20)9-7-13-6-8-16-17(12-13)22-11-3-10-21-16/h1-2,4-6,8,12H,3,7,9-11H2. The van der Waals surface area contributed by atoms with Crippen molar-refractivity contribution in [1.82, 2.24) is 0 Å². The minimum atomic E-state index is -0.315. The van der Waals surface area contributed by atoms with Crippen molar-refractivity contribution in [1.29, 1.82) is 0 Å². The number of carbonyl (C=O) groups excluding carboxylic acids is 1. The van der Waals surface area contributed by atoms with Crippen LogP contribution in [0.2, 0.25) is 5.02 Å². The Hall–Kier alpha value is -2.20. The minimum Gasteiger partial charge on any atom is -0.490 e. The van der Waals surface area contributed by atoms with Crippen LogP contribution in [0.3, 0.4) is 0 Å². The summed E-state index contributed by atoms with van der Waals surface area (Å²) >= 11 is 5.97. The third kappa shape index (κ3) is 4.17. The van der Waals surface area contributed by atoms with Crippen LogP contribution in [0.4, 0.5) is 0 Å². The van der Waals surface area contributed by atoms with Crippen LogP contribution in [0.1, 0.15) is 18.4 Å². The summed E-state index contributed by atoms with van der Waals surface area (Å²) in [7, 11) is 0. The molecule has 4 nitrogen and oxygen atoms in total. The SMILES string of the molecule is O=C(CCc1ccc2c(c1)OCCCO2)Oc1ccccc1Cl. The van der Waals surface area contributed by atoms with Crippen molar-refractivity contribution >= 4 is 17.6 Å². The Morgan fingerprint density at radius 1 is 1.09 bits per heavy atom. The molecule has 1 aliphatic heterocycles. The monoisotopic (exact) mass is 332 g/mol. The molecule has 0 aliphatic carbocycles. The highest BCUT2D eigenvalue weighted by atomic mass is 35.5. The number of esters is 1. The van der Waals surface area contributed by atoms with Gasteiger partial charge in [0, 0.05) is 12.8 Å². The van der Waals surface area contributed by atoms with Gasteiger partial charge in [0.1, 0.15) is 5.75 Å². The molecule has 0 atom stereocenters. The van der Waals surface area contributed by atoms with Crippen molar-refractivity contribution in [3.05, 3.63) is 53.1 Å². The molecule has 0 saturated heterocycles. The van der Waals surface area contributed by atoms with Gasteiger partial charge < -0.3 is 14.2 Å². The number of ether oxygens (including phenoxy) is 3. The number of carbonyl (C=O) groups is 1. The molecule has 0 unspecified atom stereocenters. The molecule has 2 aromatic rings. The first-order valence-electron chi connectivity index (χ1n) is 7.56. The second-order valence-corrected chi connectivity index (χ2v) is 5.64. The Morgan fingerprint density at radius 2 is 1.87 bits per heavy atom. The largest absolute Gasteiger partial charge is 0.490 e. The molecule has 120 valence electrons. The molecular formula is C18H17ClO4. The predicted molar refractivity (Wildman–Crippen MR) is 87.5 cm³/mol. The fourth-order valence-corrected chi connectivity index (χ4v) is 2.49. The zero-order valence-electron chi connectivity index (χ0n) is 12.6. The van der Waals surface area contributed by atoms with Crippen molar-refractivity contribution < 1.29 is 19.0 Å². The first-order chi connectivity index (χ1) is 11.2. The summed E-state index contributed by atoms with van der Waals surface area (Å²) in [5, 5.41) is 0.427. The number of aryl methyl sites for hydroxylation is 1. The van der Waals surface area contributed by atoms with Gasteiger partial charge in [0.25, 0.3) is 0 Å². The number of halogens is 1. The Bertz CT molecular complexity index is 699. The number of para-hydroxylation sites is 1. The van der Waals surface area contributed by atoms with Gasteiger partial charge in [-0.3, -0.25) is 4.79 Å². The molecule has 1 heterocycles. The molecule has 1 aliphatic rings. The second-order valence-electron chi connectivity index (χ2n) is 5.24. The maximum atomic E-state index is 11.9. The molecule has 0 fully saturated rings. The molecule has 0 saturated carbocycles. The topological polar surface area (TPSA) is 44.8 Å². The van der Waals surface area contributed by atoms with E-state index in [0.29, 0.717) is 30.4 Å². The highest BCUT2D eigenvalue weighted by Gasteiger charge is 2.12. The summed E-state index contributed by atoms with van der Waals surface area (Å²) in [4.78, 5) is 11.9. The lowest BCUT2D eigenvalue weighted by atomic mass is 10.1. The maximum absolute atomic E-state index is 11.9. The Balaban J connectivity index is 1.59. The van der Waals surface area contributed by atoms with Crippen molar-refractivity contribution in [2.45, 2.75) is 19.3 Å². The smallest absolute Gasteiger partial charge is 0.311 e. The van der Waals surface area contributed by atoms with Crippen LogP contribution in [-0.4, -0.2) is 19.2 Å². The van der Waals surface area contributed by atoms with Crippen molar-refractivity contribution in [3.63, 3.8) is 0 Å². The van der Waals surface area contributed by atoms with Gasteiger partial charge in [0.15, 0.2) is 11.5 Å². The van der Waals surface area contributed by atoms with E-state index in [9.17, 15) is 4.79 Å². The molecule has 0 aromatic heterocycles. The van der Waals surface area contributed by atoms with E-state index in [1.807, 2.05) is 18.2 Å². The molecular weight excluding hydrogens is 316 g/mol. The highest BCUT2D eigenvalue weighted by molar-refractivity contribution is 6.32. The number of benzene rings is 2. The molecule has 0 bridgehead atoms. The van der Waals surface area contributed by atoms with Gasteiger partial charge in [-0.25, -0.2) is 0 Å². The third-order valence-corrected chi connectivity index (χ3v) is 3.80. The lowest BCUT2D eigenvalue weighted by Gasteiger charge is -2.09. The number of hydrogen-bond donors (Lipinski definition) is 0. The molecule has 0 amide bonds. The van der Waals surface area contributed by atoms with Crippen LogP contribution in [0.15, 0.2) is 42.5 Å². The first-order valence-corrected chi connectivity index (χ1v) is 7.94. The van der Waals surface area contributed by atoms with Crippen LogP contribution in [0, 0.1) is 0 Å². The normalized spacial score (nSPS) is 13.3. The Morgan fingerprint density at radius 3 is 2.70 bits per heavy atom. The Labute approximate surface area is 139 Å². The summed E-state index contributed by atoms with van der Waals surface area (Å²) in [6.45, 7) is 1.31. The number of hydrogen-bond acceptors (Lipinski definition) is 4. The first kappa shape index (κ1) is 15.7. The van der Waals surface area contributed by atoms with Gasteiger partial charge in [-0.2, -0.15) is 0 Å². The van der Waals surface area contributed by atoms with E-state index >= 15 is 0 Å². The lowest BCUT2D eigenvalue weighted by molar-refractivity contribution is -0.134. The highest BCUT2D eigenvalue weighted by Crippen LogP contribution is 2.31. The van der Waals surface area contributed by atoms with Gasteiger partial charge in [0.05, 0.1) is 18.2 Å². The summed E-state index contributed by atoms with van der Waals surface area (Å²) < 4.78 is 16.5. The van der Waals surface area contributed by atoms with Gasteiger partial charge in [-0.15, -0.1) is 0 Å². The number of fused-ring (bicyclic) bond motifs is 1. The summed E-state index contributed by atoms with van der Waals surface area (Å²) in [6, 6.07) is 12.7. The molecule has 0 N–H and O–H groups in total. The fourth-order valence-electron chi connectivity index (χ4n) is 2.31. The molecule has 0 spiro atoms. The van der Waals surface area contributed by atoms with Crippen LogP contribution in [0.25, 0.3) is 0 Å². The molecule has 0 radical (unpaired) electrons. The van der Waals surface area contributed by atoms with Crippen LogP contribution in [0.5, 0.6) is 17.2 Å². The molecule has 5 heteroatoms. The summed E-state index contributed by atoms with van der Waals surface area (Å²) in [6.07, 6.45) is 1.71. The minimum absolute atomic E-state index is 0.269. The average molecular weight is 333 g/mol. The van der Waals surface area contributed by atoms with E-state index in [1.165, 1.54) is 0 Å².